The van der Waals surface area contributed by atoms with Crippen molar-refractivity contribution in [2.75, 3.05) is 0 Å². The molecule has 1 aromatic rings. The van der Waals surface area contributed by atoms with E-state index in [-0.39, 0.29) is 15.6 Å². The standard InChI is InChI=1S/C10H6Cl3F3N2O/c11-5-1-4(10(14,15)16)2-6(12)8(5)9(13)7(19)3-18-17/h1-3,9H,17H2. The van der Waals surface area contributed by atoms with Crippen molar-refractivity contribution in [2.24, 2.45) is 10.9 Å². The van der Waals surface area contributed by atoms with Gasteiger partial charge in [-0.2, -0.15) is 18.3 Å². The van der Waals surface area contributed by atoms with E-state index in [9.17, 15) is 18.0 Å². The number of Topliss-reactive ketones (excluding diaryl/α,β-unsaturated/α-hetero) is 1. The number of nitrogens with zero attached hydrogens (tertiary/aromatic N) is 1. The van der Waals surface area contributed by atoms with E-state index in [1.807, 2.05) is 0 Å². The summed E-state index contributed by atoms with van der Waals surface area (Å²) in [7, 11) is 0. The molecule has 0 fully saturated rings. The zero-order valence-corrected chi connectivity index (χ0v) is 11.3. The van der Waals surface area contributed by atoms with Crippen molar-refractivity contribution in [1.82, 2.24) is 0 Å². The van der Waals surface area contributed by atoms with Gasteiger partial charge in [0.1, 0.15) is 5.38 Å². The number of alkyl halides is 4. The normalized spacial score (nSPS) is 13.8. The topological polar surface area (TPSA) is 55.4 Å². The van der Waals surface area contributed by atoms with E-state index in [1.54, 1.807) is 0 Å². The van der Waals surface area contributed by atoms with Crippen LogP contribution in [0.4, 0.5) is 13.2 Å². The molecule has 0 radical (unpaired) electrons. The SMILES string of the molecule is NN=CC(=O)C(Cl)c1c(Cl)cc(C(F)(F)F)cc1Cl. The molecule has 1 rings (SSSR count). The van der Waals surface area contributed by atoms with Crippen LogP contribution in [0, 0.1) is 0 Å². The number of ketones is 1. The van der Waals surface area contributed by atoms with Gasteiger partial charge in [-0.25, -0.2) is 0 Å². The largest absolute Gasteiger partial charge is 0.416 e. The summed E-state index contributed by atoms with van der Waals surface area (Å²) in [5.74, 6) is 4.04. The zero-order chi connectivity index (χ0) is 14.8. The van der Waals surface area contributed by atoms with Crippen LogP contribution in [0.5, 0.6) is 0 Å². The lowest BCUT2D eigenvalue weighted by Crippen LogP contribution is -2.12. The average molecular weight is 334 g/mol. The average Bonchev–Trinajstić information content (AvgIpc) is 2.26. The van der Waals surface area contributed by atoms with Gasteiger partial charge in [0, 0.05) is 15.6 Å². The predicted molar refractivity (Wildman–Crippen MR) is 67.7 cm³/mol. The number of halogens is 6. The van der Waals surface area contributed by atoms with E-state index in [0.29, 0.717) is 12.1 Å². The monoisotopic (exact) mass is 332 g/mol. The summed E-state index contributed by atoms with van der Waals surface area (Å²) < 4.78 is 37.5. The molecule has 19 heavy (non-hydrogen) atoms. The minimum atomic E-state index is -4.60. The first kappa shape index (κ1) is 16.1. The fourth-order valence-corrected chi connectivity index (χ4v) is 2.38. The van der Waals surface area contributed by atoms with Crippen LogP contribution in [0.25, 0.3) is 0 Å². The highest BCUT2D eigenvalue weighted by Crippen LogP contribution is 2.40. The third-order valence-electron chi connectivity index (χ3n) is 2.11. The summed E-state index contributed by atoms with van der Waals surface area (Å²) in [4.78, 5) is 11.4. The Labute approximate surface area is 121 Å². The number of benzene rings is 1. The van der Waals surface area contributed by atoms with E-state index < -0.39 is 22.9 Å². The lowest BCUT2D eigenvalue weighted by atomic mass is 10.1. The minimum absolute atomic E-state index is 0.122. The molecule has 0 aliphatic rings. The molecular weight excluding hydrogens is 327 g/mol. The number of rotatable bonds is 3. The first-order valence-corrected chi connectivity index (χ1v) is 5.85. The molecule has 1 unspecified atom stereocenters. The van der Waals surface area contributed by atoms with Crippen LogP contribution in [-0.4, -0.2) is 12.0 Å². The molecule has 0 spiro atoms. The molecule has 1 atom stereocenters. The first-order chi connectivity index (χ1) is 8.68. The third kappa shape index (κ3) is 3.75. The summed E-state index contributed by atoms with van der Waals surface area (Å²) in [5.41, 5.74) is -1.15. The smallest absolute Gasteiger partial charge is 0.323 e. The second-order valence-corrected chi connectivity index (χ2v) is 4.65. The van der Waals surface area contributed by atoms with Crippen molar-refractivity contribution < 1.29 is 18.0 Å². The van der Waals surface area contributed by atoms with Gasteiger partial charge in [0.25, 0.3) is 0 Å². The van der Waals surface area contributed by atoms with E-state index in [2.05, 4.69) is 5.10 Å². The van der Waals surface area contributed by atoms with Crippen molar-refractivity contribution in [3.05, 3.63) is 33.3 Å². The van der Waals surface area contributed by atoms with Crippen LogP contribution in [0.2, 0.25) is 10.0 Å². The van der Waals surface area contributed by atoms with Gasteiger partial charge in [0.2, 0.25) is 0 Å². The van der Waals surface area contributed by atoms with E-state index in [1.165, 1.54) is 0 Å². The van der Waals surface area contributed by atoms with Crippen molar-refractivity contribution in [2.45, 2.75) is 11.6 Å². The fourth-order valence-electron chi connectivity index (χ4n) is 1.27. The van der Waals surface area contributed by atoms with Crippen LogP contribution in [0.1, 0.15) is 16.5 Å². The van der Waals surface area contributed by atoms with Crippen LogP contribution in [0.15, 0.2) is 17.2 Å². The summed E-state index contributed by atoms with van der Waals surface area (Å²) >= 11 is 17.1. The molecule has 3 nitrogen and oxygen atoms in total. The Bertz CT molecular complexity index is 508. The lowest BCUT2D eigenvalue weighted by Gasteiger charge is -2.14. The molecule has 0 saturated carbocycles. The van der Waals surface area contributed by atoms with E-state index >= 15 is 0 Å². The highest BCUT2D eigenvalue weighted by molar-refractivity contribution is 6.47. The molecule has 0 saturated heterocycles. The third-order valence-corrected chi connectivity index (χ3v) is 3.17. The molecular formula is C10H6Cl3F3N2O. The second kappa shape index (κ2) is 5.98. The first-order valence-electron chi connectivity index (χ1n) is 4.65. The van der Waals surface area contributed by atoms with Gasteiger partial charge in [-0.3, -0.25) is 4.79 Å². The molecule has 0 aromatic heterocycles. The van der Waals surface area contributed by atoms with Crippen molar-refractivity contribution in [1.29, 1.82) is 0 Å². The van der Waals surface area contributed by atoms with Crippen molar-refractivity contribution in [3.8, 4) is 0 Å². The van der Waals surface area contributed by atoms with Gasteiger partial charge in [0.15, 0.2) is 5.78 Å². The highest BCUT2D eigenvalue weighted by Gasteiger charge is 2.33. The molecule has 9 heteroatoms. The van der Waals surface area contributed by atoms with E-state index in [4.69, 9.17) is 40.6 Å². The minimum Gasteiger partial charge on any atom is -0.323 e. The Morgan fingerprint density at radius 3 is 2.16 bits per heavy atom. The summed E-state index contributed by atoms with van der Waals surface area (Å²) in [6, 6.07) is 1.29. The molecule has 0 aliphatic heterocycles. The fraction of sp³-hybridized carbons (Fsp3) is 0.200. The maximum absolute atomic E-state index is 12.5. The van der Waals surface area contributed by atoms with Crippen molar-refractivity contribution >= 4 is 46.8 Å². The lowest BCUT2D eigenvalue weighted by molar-refractivity contribution is -0.137. The Morgan fingerprint density at radius 1 is 1.32 bits per heavy atom. The second-order valence-electron chi connectivity index (χ2n) is 3.39. The quantitative estimate of drug-likeness (QED) is 0.396. The Morgan fingerprint density at radius 2 is 1.79 bits per heavy atom. The molecule has 0 heterocycles. The van der Waals surface area contributed by atoms with Crippen LogP contribution in [0.3, 0.4) is 0 Å². The van der Waals surface area contributed by atoms with Crippen LogP contribution in [-0.2, 0) is 11.0 Å². The number of carbonyl (C=O) groups is 1. The van der Waals surface area contributed by atoms with Gasteiger partial charge >= 0.3 is 6.18 Å². The zero-order valence-electron chi connectivity index (χ0n) is 9.01. The molecule has 1 aromatic carbocycles. The molecule has 104 valence electrons. The maximum atomic E-state index is 12.5. The predicted octanol–water partition coefficient (Wildman–Crippen LogP) is 3.81. The number of carbonyl (C=O) groups excluding carboxylic acids is 1. The number of nitrogens with two attached hydrogens (primary N) is 1. The molecule has 2 N–H and O–H groups in total. The van der Waals surface area contributed by atoms with Gasteiger partial charge < -0.3 is 5.84 Å². The van der Waals surface area contributed by atoms with Crippen LogP contribution >= 0.6 is 34.8 Å². The molecule has 0 amide bonds. The van der Waals surface area contributed by atoms with Crippen molar-refractivity contribution in [3.63, 3.8) is 0 Å². The summed E-state index contributed by atoms with van der Waals surface area (Å²) in [5, 5.41) is 0.882. The number of hydrazone groups is 1. The number of hydrogen-bond donors (Lipinski definition) is 1. The Kier molecular flexibility index (Phi) is 5.06. The molecule has 0 bridgehead atoms. The van der Waals surface area contributed by atoms with E-state index in [0.717, 1.165) is 6.21 Å². The summed E-state index contributed by atoms with van der Waals surface area (Å²) in [6.07, 6.45) is -3.88. The molecule has 0 aliphatic carbocycles. The number of hydrogen-bond acceptors (Lipinski definition) is 3. The van der Waals surface area contributed by atoms with Crippen LogP contribution < -0.4 is 5.84 Å². The highest BCUT2D eigenvalue weighted by atomic mass is 35.5. The van der Waals surface area contributed by atoms with Gasteiger partial charge in [-0.15, -0.1) is 11.6 Å². The van der Waals surface area contributed by atoms with Gasteiger partial charge in [-0.1, -0.05) is 23.2 Å². The Hall–Kier alpha value is -0.980. The van der Waals surface area contributed by atoms with Gasteiger partial charge in [0.05, 0.1) is 11.8 Å². The van der Waals surface area contributed by atoms with Gasteiger partial charge in [-0.05, 0) is 12.1 Å². The maximum Gasteiger partial charge on any atom is 0.416 e. The summed E-state index contributed by atoms with van der Waals surface area (Å²) in [6.45, 7) is 0. The Balaban J connectivity index is 3.28.